The Labute approximate surface area is 269 Å². The Hall–Kier alpha value is -4.63. The van der Waals surface area contributed by atoms with E-state index in [1.165, 1.54) is 12.3 Å². The second-order valence-electron chi connectivity index (χ2n) is 12.4. The molecule has 2 aromatic heterocycles. The summed E-state index contributed by atoms with van der Waals surface area (Å²) in [6.45, 7) is 4.82. The highest BCUT2D eigenvalue weighted by Gasteiger charge is 2.38. The molecule has 46 heavy (non-hydrogen) atoms. The highest BCUT2D eigenvalue weighted by molar-refractivity contribution is 5.97. The molecule has 0 unspecified atom stereocenters. The van der Waals surface area contributed by atoms with Crippen molar-refractivity contribution in [1.29, 1.82) is 0 Å². The molecule has 0 radical (unpaired) electrons. The number of fused-ring (bicyclic) bond motifs is 1. The lowest BCUT2D eigenvalue weighted by atomic mass is 9.75. The van der Waals surface area contributed by atoms with Crippen LogP contribution in [0.25, 0.3) is 0 Å². The van der Waals surface area contributed by atoms with Crippen molar-refractivity contribution < 1.29 is 18.7 Å². The fraction of sp³-hybridized carbons (Fsp3) is 0.351. The Kier molecular flexibility index (Phi) is 9.98. The minimum absolute atomic E-state index is 0.0516. The number of benzene rings is 2. The van der Waals surface area contributed by atoms with Crippen LogP contribution in [0.15, 0.2) is 97.6 Å². The zero-order valence-electron chi connectivity index (χ0n) is 26.1. The normalized spacial score (nSPS) is 17.7. The van der Waals surface area contributed by atoms with Gasteiger partial charge >= 0.3 is 0 Å². The largest absolute Gasteiger partial charge is 0.492 e. The number of carbonyl (C=O) groups is 2. The monoisotopic (exact) mass is 621 g/mol. The lowest BCUT2D eigenvalue weighted by molar-refractivity contribution is 0.0346. The molecule has 8 nitrogen and oxygen atoms in total. The van der Waals surface area contributed by atoms with Gasteiger partial charge in [0.15, 0.2) is 5.82 Å². The lowest BCUT2D eigenvalue weighted by Gasteiger charge is -2.42. The summed E-state index contributed by atoms with van der Waals surface area (Å²) in [5.74, 6) is -0.394. The molecule has 4 heterocycles. The van der Waals surface area contributed by atoms with Crippen LogP contribution in [0, 0.1) is 11.2 Å². The molecule has 0 bridgehead atoms. The standard InChI is InChI=1S/C37H40FN5O3/c38-33-25-40-18-13-31(33)35(44)42-20-15-37(16-21-42)14-7-19-41(26-30-10-6-17-39-24-30)22-23-43(27-29-8-2-1-3-9-29)36(45)32-11-4-5-12-34(32)46-28-37/h1-6,8-13,17-18,24-25H,7,14-16,19-23,26-28H2. The Morgan fingerprint density at radius 1 is 0.783 bits per heavy atom. The van der Waals surface area contributed by atoms with Crippen LogP contribution < -0.4 is 4.74 Å². The van der Waals surface area contributed by atoms with Crippen LogP contribution >= 0.6 is 0 Å². The zero-order valence-corrected chi connectivity index (χ0v) is 26.1. The average Bonchev–Trinajstić information content (AvgIpc) is 3.10. The van der Waals surface area contributed by atoms with Crippen molar-refractivity contribution in [2.24, 2.45) is 5.41 Å². The molecular weight excluding hydrogens is 581 g/mol. The van der Waals surface area contributed by atoms with Crippen molar-refractivity contribution in [3.63, 3.8) is 0 Å². The summed E-state index contributed by atoms with van der Waals surface area (Å²) >= 11 is 0. The molecule has 238 valence electrons. The Morgan fingerprint density at radius 2 is 1.54 bits per heavy atom. The molecule has 0 aliphatic carbocycles. The molecule has 0 N–H and O–H groups in total. The van der Waals surface area contributed by atoms with Crippen LogP contribution in [-0.4, -0.2) is 75.8 Å². The molecule has 2 amide bonds. The van der Waals surface area contributed by atoms with E-state index in [2.05, 4.69) is 20.9 Å². The third kappa shape index (κ3) is 7.59. The van der Waals surface area contributed by atoms with Crippen molar-refractivity contribution in [2.75, 3.05) is 39.3 Å². The van der Waals surface area contributed by atoms with Crippen LogP contribution in [-0.2, 0) is 13.1 Å². The van der Waals surface area contributed by atoms with Gasteiger partial charge in [-0.1, -0.05) is 48.5 Å². The van der Waals surface area contributed by atoms with Crippen molar-refractivity contribution >= 4 is 11.8 Å². The van der Waals surface area contributed by atoms with E-state index in [1.54, 1.807) is 11.1 Å². The Morgan fingerprint density at radius 3 is 2.33 bits per heavy atom. The van der Waals surface area contributed by atoms with E-state index in [1.807, 2.05) is 71.8 Å². The summed E-state index contributed by atoms with van der Waals surface area (Å²) in [5, 5.41) is 0. The topological polar surface area (TPSA) is 78.9 Å². The highest BCUT2D eigenvalue weighted by atomic mass is 19.1. The van der Waals surface area contributed by atoms with Gasteiger partial charge in [0, 0.05) is 63.3 Å². The van der Waals surface area contributed by atoms with Gasteiger partial charge in [0.2, 0.25) is 0 Å². The van der Waals surface area contributed by atoms with Crippen molar-refractivity contribution in [3.8, 4) is 5.75 Å². The first-order chi connectivity index (χ1) is 22.5. The SMILES string of the molecule is O=C(c1ccncc1F)N1CCC2(CCCN(Cc3cccnc3)CCN(Cc3ccccc3)C(=O)c3ccccc3OC2)CC1. The first-order valence-electron chi connectivity index (χ1n) is 16.0. The first kappa shape index (κ1) is 31.4. The van der Waals surface area contributed by atoms with Gasteiger partial charge in [-0.25, -0.2) is 4.39 Å². The maximum Gasteiger partial charge on any atom is 0.257 e. The molecule has 2 aliphatic rings. The summed E-state index contributed by atoms with van der Waals surface area (Å²) in [6.07, 6.45) is 9.51. The second kappa shape index (κ2) is 14.6. The van der Waals surface area contributed by atoms with Gasteiger partial charge in [0.25, 0.3) is 11.8 Å². The average molecular weight is 622 g/mol. The predicted octanol–water partition coefficient (Wildman–Crippen LogP) is 5.86. The van der Waals surface area contributed by atoms with Crippen LogP contribution in [0.3, 0.4) is 0 Å². The highest BCUT2D eigenvalue weighted by Crippen LogP contribution is 2.38. The molecule has 6 rings (SSSR count). The number of aromatic nitrogens is 2. The van der Waals surface area contributed by atoms with Gasteiger partial charge < -0.3 is 14.5 Å². The summed E-state index contributed by atoms with van der Waals surface area (Å²) in [5.41, 5.74) is 2.61. The lowest BCUT2D eigenvalue weighted by Crippen LogP contribution is -2.46. The minimum atomic E-state index is -0.602. The maximum atomic E-state index is 14.4. The molecular formula is C37H40FN5O3. The number of rotatable bonds is 5. The number of nitrogens with zero attached hydrogens (tertiary/aromatic N) is 5. The van der Waals surface area contributed by atoms with Gasteiger partial charge in [0.05, 0.1) is 23.9 Å². The minimum Gasteiger partial charge on any atom is -0.492 e. The van der Waals surface area contributed by atoms with Crippen molar-refractivity contribution in [1.82, 2.24) is 24.7 Å². The van der Waals surface area contributed by atoms with Gasteiger partial charge in [-0.05, 0) is 67.6 Å². The number of para-hydroxylation sites is 1. The van der Waals surface area contributed by atoms with Crippen LogP contribution in [0.2, 0.25) is 0 Å². The summed E-state index contributed by atoms with van der Waals surface area (Å²) in [6, 6.07) is 23.1. The number of amides is 2. The fourth-order valence-electron chi connectivity index (χ4n) is 6.56. The zero-order chi connectivity index (χ0) is 31.8. The number of ether oxygens (including phenoxy) is 1. The van der Waals surface area contributed by atoms with Gasteiger partial charge in [-0.15, -0.1) is 0 Å². The van der Waals surface area contributed by atoms with Crippen LogP contribution in [0.5, 0.6) is 5.75 Å². The summed E-state index contributed by atoms with van der Waals surface area (Å²) < 4.78 is 20.9. The van der Waals surface area contributed by atoms with E-state index >= 15 is 0 Å². The first-order valence-corrected chi connectivity index (χ1v) is 16.0. The molecule has 1 spiro atoms. The third-order valence-corrected chi connectivity index (χ3v) is 9.27. The number of likely N-dealkylation sites (tertiary alicyclic amines) is 1. The number of pyridine rings is 2. The summed E-state index contributed by atoms with van der Waals surface area (Å²) in [7, 11) is 0. The molecule has 9 heteroatoms. The Bertz CT molecular complexity index is 1610. The van der Waals surface area contributed by atoms with E-state index in [-0.39, 0.29) is 22.8 Å². The molecule has 2 aromatic carbocycles. The van der Waals surface area contributed by atoms with E-state index in [9.17, 15) is 14.0 Å². The van der Waals surface area contributed by atoms with E-state index in [0.717, 1.165) is 56.1 Å². The molecule has 1 fully saturated rings. The number of piperidine rings is 1. The quantitative estimate of drug-likeness (QED) is 0.278. The molecule has 0 atom stereocenters. The second-order valence-corrected chi connectivity index (χ2v) is 12.4. The van der Waals surface area contributed by atoms with E-state index < -0.39 is 5.82 Å². The number of hydrogen-bond acceptors (Lipinski definition) is 6. The molecule has 2 aliphatic heterocycles. The number of carbonyl (C=O) groups excluding carboxylic acids is 2. The maximum absolute atomic E-state index is 14.4. The van der Waals surface area contributed by atoms with Crippen LogP contribution in [0.1, 0.15) is 57.5 Å². The van der Waals surface area contributed by atoms with Crippen LogP contribution in [0.4, 0.5) is 4.39 Å². The van der Waals surface area contributed by atoms with Crippen molar-refractivity contribution in [2.45, 2.75) is 38.8 Å². The van der Waals surface area contributed by atoms with Gasteiger partial charge in [-0.2, -0.15) is 0 Å². The van der Waals surface area contributed by atoms with Gasteiger partial charge in [0.1, 0.15) is 5.75 Å². The fourth-order valence-corrected chi connectivity index (χ4v) is 6.56. The molecule has 1 saturated heterocycles. The number of hydrogen-bond donors (Lipinski definition) is 0. The molecule has 4 aromatic rings. The third-order valence-electron chi connectivity index (χ3n) is 9.27. The van der Waals surface area contributed by atoms with E-state index in [4.69, 9.17) is 4.74 Å². The van der Waals surface area contributed by atoms with Crippen molar-refractivity contribution in [3.05, 3.63) is 126 Å². The molecule has 0 saturated carbocycles. The number of halogens is 1. The Balaban J connectivity index is 1.26. The van der Waals surface area contributed by atoms with Gasteiger partial charge in [-0.3, -0.25) is 24.5 Å². The predicted molar refractivity (Wildman–Crippen MR) is 174 cm³/mol. The smallest absolute Gasteiger partial charge is 0.257 e. The summed E-state index contributed by atoms with van der Waals surface area (Å²) in [4.78, 5) is 41.6. The van der Waals surface area contributed by atoms with E-state index in [0.29, 0.717) is 50.6 Å².